The SMILES string of the molecule is CCCC(O)C(O)CO. The van der Waals surface area contributed by atoms with Crippen LogP contribution in [0.3, 0.4) is 0 Å². The predicted molar refractivity (Wildman–Crippen MR) is 34.0 cm³/mol. The molecule has 0 fully saturated rings. The molecule has 0 aromatic rings. The third-order valence-corrected chi connectivity index (χ3v) is 1.22. The average Bonchev–Trinajstić information content (AvgIpc) is 1.87. The largest absolute Gasteiger partial charge is 0.394 e. The maximum atomic E-state index is 8.91. The fraction of sp³-hybridized carbons (Fsp3) is 1.00. The van der Waals surface area contributed by atoms with E-state index in [9.17, 15) is 0 Å². The van der Waals surface area contributed by atoms with E-state index in [0.29, 0.717) is 6.42 Å². The maximum absolute atomic E-state index is 8.91. The van der Waals surface area contributed by atoms with Crippen molar-refractivity contribution in [3.8, 4) is 0 Å². The summed E-state index contributed by atoms with van der Waals surface area (Å²) in [5.41, 5.74) is 0. The first-order valence-corrected chi connectivity index (χ1v) is 3.19. The molecule has 0 heterocycles. The van der Waals surface area contributed by atoms with E-state index >= 15 is 0 Å². The van der Waals surface area contributed by atoms with Crippen molar-refractivity contribution in [3.05, 3.63) is 0 Å². The lowest BCUT2D eigenvalue weighted by Gasteiger charge is -2.13. The summed E-state index contributed by atoms with van der Waals surface area (Å²) in [7, 11) is 0. The molecule has 0 radical (unpaired) electrons. The lowest BCUT2D eigenvalue weighted by atomic mass is 10.1. The Bertz CT molecular complexity index is 65.3. The smallest absolute Gasteiger partial charge is 0.103 e. The number of aliphatic hydroxyl groups is 3. The Hall–Kier alpha value is -0.120. The molecule has 0 aliphatic rings. The van der Waals surface area contributed by atoms with Crippen molar-refractivity contribution in [1.29, 1.82) is 0 Å². The van der Waals surface area contributed by atoms with Gasteiger partial charge in [0.1, 0.15) is 6.10 Å². The number of aliphatic hydroxyl groups excluding tert-OH is 3. The molecule has 0 saturated carbocycles. The molecule has 3 nitrogen and oxygen atoms in total. The molecule has 0 rings (SSSR count). The summed E-state index contributed by atoms with van der Waals surface area (Å²) in [4.78, 5) is 0. The van der Waals surface area contributed by atoms with Gasteiger partial charge in [0, 0.05) is 0 Å². The highest BCUT2D eigenvalue weighted by Crippen LogP contribution is 2.00. The first-order valence-electron chi connectivity index (χ1n) is 3.19. The molecule has 3 heteroatoms. The Morgan fingerprint density at radius 1 is 1.22 bits per heavy atom. The van der Waals surface area contributed by atoms with E-state index < -0.39 is 12.2 Å². The quantitative estimate of drug-likeness (QED) is 0.486. The fourth-order valence-electron chi connectivity index (χ4n) is 0.610. The van der Waals surface area contributed by atoms with Crippen molar-refractivity contribution in [2.75, 3.05) is 6.61 Å². The fourth-order valence-corrected chi connectivity index (χ4v) is 0.610. The molecule has 0 aromatic heterocycles. The molecule has 9 heavy (non-hydrogen) atoms. The molecule has 0 aromatic carbocycles. The van der Waals surface area contributed by atoms with E-state index in [1.807, 2.05) is 6.92 Å². The topological polar surface area (TPSA) is 60.7 Å². The van der Waals surface area contributed by atoms with Crippen LogP contribution >= 0.6 is 0 Å². The molecule has 0 aliphatic heterocycles. The van der Waals surface area contributed by atoms with Gasteiger partial charge < -0.3 is 15.3 Å². The maximum Gasteiger partial charge on any atom is 0.103 e. The van der Waals surface area contributed by atoms with Crippen LogP contribution in [0.25, 0.3) is 0 Å². The molecular formula is C6H14O3. The van der Waals surface area contributed by atoms with Gasteiger partial charge in [0.2, 0.25) is 0 Å². The molecular weight excluding hydrogens is 120 g/mol. The third-order valence-electron chi connectivity index (χ3n) is 1.22. The van der Waals surface area contributed by atoms with Crippen LogP contribution < -0.4 is 0 Å². The number of hydrogen-bond donors (Lipinski definition) is 3. The minimum Gasteiger partial charge on any atom is -0.394 e. The summed E-state index contributed by atoms with van der Waals surface area (Å²) in [5.74, 6) is 0. The van der Waals surface area contributed by atoms with E-state index in [1.54, 1.807) is 0 Å². The second kappa shape index (κ2) is 4.73. The van der Waals surface area contributed by atoms with Crippen LogP contribution in [0.4, 0.5) is 0 Å². The van der Waals surface area contributed by atoms with E-state index in [4.69, 9.17) is 15.3 Å². The Balaban J connectivity index is 3.32. The van der Waals surface area contributed by atoms with E-state index in [-0.39, 0.29) is 6.61 Å². The molecule has 2 atom stereocenters. The van der Waals surface area contributed by atoms with Crippen LogP contribution in [0.5, 0.6) is 0 Å². The van der Waals surface area contributed by atoms with E-state index in [1.165, 1.54) is 0 Å². The van der Waals surface area contributed by atoms with Crippen LogP contribution in [0, 0.1) is 0 Å². The summed E-state index contributed by atoms with van der Waals surface area (Å²) in [6.07, 6.45) is -0.370. The monoisotopic (exact) mass is 134 g/mol. The van der Waals surface area contributed by atoms with Gasteiger partial charge in [-0.2, -0.15) is 0 Å². The summed E-state index contributed by atoms with van der Waals surface area (Å²) in [5, 5.41) is 26.0. The Morgan fingerprint density at radius 2 is 1.78 bits per heavy atom. The van der Waals surface area contributed by atoms with Crippen LogP contribution in [-0.4, -0.2) is 34.1 Å². The van der Waals surface area contributed by atoms with Gasteiger partial charge in [-0.1, -0.05) is 13.3 Å². The number of hydrogen-bond acceptors (Lipinski definition) is 3. The summed E-state index contributed by atoms with van der Waals surface area (Å²) in [6.45, 7) is 1.55. The van der Waals surface area contributed by atoms with Crippen molar-refractivity contribution in [2.45, 2.75) is 32.0 Å². The normalized spacial score (nSPS) is 17.3. The van der Waals surface area contributed by atoms with Crippen molar-refractivity contribution < 1.29 is 15.3 Å². The van der Waals surface area contributed by atoms with Gasteiger partial charge in [-0.15, -0.1) is 0 Å². The van der Waals surface area contributed by atoms with E-state index in [2.05, 4.69) is 0 Å². The minimum atomic E-state index is -0.968. The molecule has 0 aliphatic carbocycles. The van der Waals surface area contributed by atoms with Crippen LogP contribution in [0.15, 0.2) is 0 Å². The molecule has 3 N–H and O–H groups in total. The minimum absolute atomic E-state index is 0.360. The first-order chi connectivity index (χ1) is 4.22. The third kappa shape index (κ3) is 3.46. The van der Waals surface area contributed by atoms with Crippen LogP contribution in [0.1, 0.15) is 19.8 Å². The average molecular weight is 134 g/mol. The van der Waals surface area contributed by atoms with Gasteiger partial charge in [0.05, 0.1) is 12.7 Å². The van der Waals surface area contributed by atoms with Crippen molar-refractivity contribution in [2.24, 2.45) is 0 Å². The first kappa shape index (κ1) is 8.88. The molecule has 0 bridgehead atoms. The van der Waals surface area contributed by atoms with Gasteiger partial charge in [-0.3, -0.25) is 0 Å². The van der Waals surface area contributed by atoms with Crippen LogP contribution in [0.2, 0.25) is 0 Å². The summed E-state index contributed by atoms with van der Waals surface area (Å²) in [6, 6.07) is 0. The lowest BCUT2D eigenvalue weighted by Crippen LogP contribution is -2.28. The zero-order chi connectivity index (χ0) is 7.28. The van der Waals surface area contributed by atoms with Crippen LogP contribution in [-0.2, 0) is 0 Å². The molecule has 0 amide bonds. The van der Waals surface area contributed by atoms with Gasteiger partial charge in [-0.25, -0.2) is 0 Å². The second-order valence-corrected chi connectivity index (χ2v) is 2.11. The summed E-state index contributed by atoms with van der Waals surface area (Å²) < 4.78 is 0. The number of rotatable bonds is 4. The molecule has 0 spiro atoms. The molecule has 2 unspecified atom stereocenters. The van der Waals surface area contributed by atoms with Crippen molar-refractivity contribution in [1.82, 2.24) is 0 Å². The Labute approximate surface area is 54.9 Å². The second-order valence-electron chi connectivity index (χ2n) is 2.11. The standard InChI is InChI=1S/C6H14O3/c1-2-3-5(8)6(9)4-7/h5-9H,2-4H2,1H3. The highest BCUT2D eigenvalue weighted by Gasteiger charge is 2.12. The highest BCUT2D eigenvalue weighted by atomic mass is 16.4. The van der Waals surface area contributed by atoms with Gasteiger partial charge in [-0.05, 0) is 6.42 Å². The highest BCUT2D eigenvalue weighted by molar-refractivity contribution is 4.63. The molecule has 56 valence electrons. The van der Waals surface area contributed by atoms with Gasteiger partial charge in [0.25, 0.3) is 0 Å². The van der Waals surface area contributed by atoms with Gasteiger partial charge in [0.15, 0.2) is 0 Å². The zero-order valence-electron chi connectivity index (χ0n) is 5.62. The predicted octanol–water partition coefficient (Wildman–Crippen LogP) is -0.499. The van der Waals surface area contributed by atoms with Crippen molar-refractivity contribution in [3.63, 3.8) is 0 Å². The van der Waals surface area contributed by atoms with Crippen molar-refractivity contribution >= 4 is 0 Å². The van der Waals surface area contributed by atoms with E-state index in [0.717, 1.165) is 6.42 Å². The summed E-state index contributed by atoms with van der Waals surface area (Å²) >= 11 is 0. The van der Waals surface area contributed by atoms with Gasteiger partial charge >= 0.3 is 0 Å². The zero-order valence-corrected chi connectivity index (χ0v) is 5.62. The Kier molecular flexibility index (Phi) is 4.67. The molecule has 0 saturated heterocycles. The lowest BCUT2D eigenvalue weighted by molar-refractivity contribution is -0.0177. The Morgan fingerprint density at radius 3 is 2.11 bits per heavy atom.